The van der Waals surface area contributed by atoms with Crippen molar-refractivity contribution in [1.82, 2.24) is 0 Å². The first kappa shape index (κ1) is 9.22. The van der Waals surface area contributed by atoms with Crippen LogP contribution in [0, 0.1) is 5.92 Å². The van der Waals surface area contributed by atoms with Crippen LogP contribution in [0.4, 0.5) is 0 Å². The quantitative estimate of drug-likeness (QED) is 0.637. The Kier molecular flexibility index (Phi) is 5.16. The first-order valence-corrected chi connectivity index (χ1v) is 4.34. The highest BCUT2D eigenvalue weighted by molar-refractivity contribution is 9.11. The number of hydrogen-bond donors (Lipinski definition) is 0. The summed E-state index contributed by atoms with van der Waals surface area (Å²) in [4.78, 5) is 2.01. The Labute approximate surface area is 66.5 Å². The lowest BCUT2D eigenvalue weighted by Crippen LogP contribution is -1.86. The molecule has 0 bridgehead atoms. The molecule has 0 nitrogen and oxygen atoms in total. The average molecular weight is 191 g/mol. The fourth-order valence-corrected chi connectivity index (χ4v) is 0.800. The monoisotopic (exact) mass is 190 g/mol. The maximum absolute atomic E-state index is 3.30. The molecule has 0 rings (SSSR count). The molecule has 0 aliphatic carbocycles. The second-order valence-corrected chi connectivity index (χ2v) is 3.35. The summed E-state index contributed by atoms with van der Waals surface area (Å²) < 4.78 is 0. The molecule has 0 atom stereocenters. The molecule has 0 amide bonds. The van der Waals surface area contributed by atoms with Crippen LogP contribution in [0.3, 0.4) is 0 Å². The fourth-order valence-electron chi connectivity index (χ4n) is 0.571. The van der Waals surface area contributed by atoms with Crippen molar-refractivity contribution in [3.63, 3.8) is 0 Å². The Morgan fingerprint density at radius 1 is 1.56 bits per heavy atom. The first-order chi connectivity index (χ1) is 4.16. The molecule has 9 heavy (non-hydrogen) atoms. The van der Waals surface area contributed by atoms with Crippen LogP contribution in [0.25, 0.3) is 0 Å². The van der Waals surface area contributed by atoms with E-state index < -0.39 is 0 Å². The summed E-state index contributed by atoms with van der Waals surface area (Å²) in [6.45, 7) is 6.65. The Bertz CT molecular complexity index is 92.7. The van der Waals surface area contributed by atoms with E-state index >= 15 is 0 Å². The molecule has 0 aliphatic rings. The van der Waals surface area contributed by atoms with Gasteiger partial charge in [0.1, 0.15) is 0 Å². The Balaban J connectivity index is 3.28. The number of rotatable bonds is 3. The largest absolute Gasteiger partial charge is 0.0664 e. The van der Waals surface area contributed by atoms with Crippen LogP contribution in [0.15, 0.2) is 10.6 Å². The summed E-state index contributed by atoms with van der Waals surface area (Å²) in [6.07, 6.45) is 2.52. The maximum atomic E-state index is 3.30. The van der Waals surface area contributed by atoms with E-state index in [1.165, 1.54) is 18.4 Å². The van der Waals surface area contributed by atoms with Crippen LogP contribution in [-0.4, -0.2) is 0 Å². The highest BCUT2D eigenvalue weighted by Crippen LogP contribution is 2.11. The van der Waals surface area contributed by atoms with Gasteiger partial charge in [0.25, 0.3) is 0 Å². The van der Waals surface area contributed by atoms with E-state index in [1.54, 1.807) is 0 Å². The van der Waals surface area contributed by atoms with Gasteiger partial charge in [-0.05, 0) is 30.7 Å². The minimum atomic E-state index is 0.826. The van der Waals surface area contributed by atoms with Crippen molar-refractivity contribution in [1.29, 1.82) is 0 Å². The predicted octanol–water partition coefficient (Wildman–Crippen LogP) is 3.72. The van der Waals surface area contributed by atoms with Gasteiger partial charge in [0.15, 0.2) is 0 Å². The molecular formula is C8H15Br. The van der Waals surface area contributed by atoms with Crippen molar-refractivity contribution in [3.8, 4) is 0 Å². The average Bonchev–Trinajstić information content (AvgIpc) is 1.83. The third-order valence-electron chi connectivity index (χ3n) is 1.30. The van der Waals surface area contributed by atoms with Crippen molar-refractivity contribution in [2.24, 2.45) is 5.92 Å². The molecular weight excluding hydrogens is 176 g/mol. The van der Waals surface area contributed by atoms with Crippen LogP contribution in [-0.2, 0) is 0 Å². The van der Waals surface area contributed by atoms with Gasteiger partial charge in [-0.15, -0.1) is 0 Å². The molecule has 54 valence electrons. The topological polar surface area (TPSA) is 0 Å². The van der Waals surface area contributed by atoms with Crippen molar-refractivity contribution in [2.45, 2.75) is 33.6 Å². The molecule has 0 aromatic carbocycles. The fraction of sp³-hybridized carbons (Fsp3) is 0.750. The minimum absolute atomic E-state index is 0.826. The summed E-state index contributed by atoms with van der Waals surface area (Å²) in [7, 11) is 0. The van der Waals surface area contributed by atoms with E-state index in [1.807, 2.05) is 4.99 Å². The molecule has 0 saturated heterocycles. The molecule has 0 N–H and O–H groups in total. The van der Waals surface area contributed by atoms with Crippen LogP contribution in [0.2, 0.25) is 0 Å². The summed E-state index contributed by atoms with van der Waals surface area (Å²) >= 11 is 3.30. The minimum Gasteiger partial charge on any atom is -0.0664 e. The van der Waals surface area contributed by atoms with Crippen LogP contribution >= 0.6 is 15.9 Å². The van der Waals surface area contributed by atoms with E-state index in [-0.39, 0.29) is 0 Å². The van der Waals surface area contributed by atoms with Crippen LogP contribution in [0.5, 0.6) is 0 Å². The van der Waals surface area contributed by atoms with E-state index in [0.29, 0.717) is 0 Å². The van der Waals surface area contributed by atoms with Crippen molar-refractivity contribution >= 4 is 15.9 Å². The molecule has 0 aliphatic heterocycles. The third kappa shape index (κ3) is 6.10. The molecule has 0 heterocycles. The maximum Gasteiger partial charge on any atom is -0.0200 e. The van der Waals surface area contributed by atoms with Gasteiger partial charge in [-0.25, -0.2) is 0 Å². The van der Waals surface area contributed by atoms with Crippen LogP contribution < -0.4 is 0 Å². The zero-order valence-electron chi connectivity index (χ0n) is 6.45. The van der Waals surface area contributed by atoms with Gasteiger partial charge >= 0.3 is 0 Å². The first-order valence-electron chi connectivity index (χ1n) is 3.42. The smallest absolute Gasteiger partial charge is 0.0200 e. The second kappa shape index (κ2) is 5.04. The van der Waals surface area contributed by atoms with Crippen molar-refractivity contribution < 1.29 is 0 Å². The Morgan fingerprint density at radius 2 is 2.11 bits per heavy atom. The zero-order valence-corrected chi connectivity index (χ0v) is 8.03. The van der Waals surface area contributed by atoms with Crippen molar-refractivity contribution in [3.05, 3.63) is 10.6 Å². The Morgan fingerprint density at radius 3 is 2.44 bits per heavy atom. The van der Waals surface area contributed by atoms with E-state index in [0.717, 1.165) is 5.92 Å². The second-order valence-electron chi connectivity index (χ2n) is 2.89. The molecule has 0 aromatic rings. The predicted molar refractivity (Wildman–Crippen MR) is 46.8 cm³/mol. The molecule has 0 unspecified atom stereocenters. The molecule has 0 spiro atoms. The van der Waals surface area contributed by atoms with Gasteiger partial charge < -0.3 is 0 Å². The van der Waals surface area contributed by atoms with Gasteiger partial charge in [0, 0.05) is 0 Å². The molecule has 0 fully saturated rings. The lowest BCUT2D eigenvalue weighted by Gasteiger charge is -2.02. The summed E-state index contributed by atoms with van der Waals surface area (Å²) in [6, 6.07) is 0. The van der Waals surface area contributed by atoms with E-state index in [2.05, 4.69) is 36.7 Å². The highest BCUT2D eigenvalue weighted by atomic mass is 79.9. The molecule has 0 aromatic heterocycles. The van der Waals surface area contributed by atoms with Crippen molar-refractivity contribution in [2.75, 3.05) is 0 Å². The standard InChI is InChI=1S/C8H15Br/c1-7(2)4-5-8(3)6-9/h6-7H,4-5H2,1-3H3/b8-6-. The number of allylic oxidation sites excluding steroid dienone is 1. The van der Waals surface area contributed by atoms with Gasteiger partial charge in [-0.1, -0.05) is 35.4 Å². The summed E-state index contributed by atoms with van der Waals surface area (Å²) in [5.74, 6) is 0.826. The van der Waals surface area contributed by atoms with Gasteiger partial charge in [-0.2, -0.15) is 0 Å². The van der Waals surface area contributed by atoms with Gasteiger partial charge in [0.2, 0.25) is 0 Å². The lowest BCUT2D eigenvalue weighted by molar-refractivity contribution is 0.585. The van der Waals surface area contributed by atoms with E-state index in [4.69, 9.17) is 0 Å². The highest BCUT2D eigenvalue weighted by Gasteiger charge is 1.93. The normalized spacial score (nSPS) is 12.8. The molecule has 1 heteroatoms. The summed E-state index contributed by atoms with van der Waals surface area (Å²) in [5.41, 5.74) is 1.43. The molecule has 0 saturated carbocycles. The zero-order chi connectivity index (χ0) is 7.28. The summed E-state index contributed by atoms with van der Waals surface area (Å²) in [5, 5.41) is 0. The molecule has 0 radical (unpaired) electrons. The van der Waals surface area contributed by atoms with E-state index in [9.17, 15) is 0 Å². The van der Waals surface area contributed by atoms with Crippen LogP contribution in [0.1, 0.15) is 33.6 Å². The third-order valence-corrected chi connectivity index (χ3v) is 2.08. The van der Waals surface area contributed by atoms with Gasteiger partial charge in [-0.3, -0.25) is 0 Å². The van der Waals surface area contributed by atoms with Gasteiger partial charge in [0.05, 0.1) is 0 Å². The lowest BCUT2D eigenvalue weighted by atomic mass is 10.1. The number of halogens is 1. The SMILES string of the molecule is C/C(=C/Br)CCC(C)C. The Hall–Kier alpha value is 0.220. The number of hydrogen-bond acceptors (Lipinski definition) is 0.